The van der Waals surface area contributed by atoms with E-state index < -0.39 is 19.9 Å². The number of carbonyl (C=O) groups excluding carboxylic acids is 2. The quantitative estimate of drug-likeness (QED) is 0.0782. The number of carbonyl (C=O) groups is 2. The third-order valence-electron chi connectivity index (χ3n) is 14.6. The summed E-state index contributed by atoms with van der Waals surface area (Å²) in [4.78, 5) is 39.0. The number of esters is 1. The summed E-state index contributed by atoms with van der Waals surface area (Å²) < 4.78 is 29.0. The molecule has 1 aliphatic heterocycles. The van der Waals surface area contributed by atoms with E-state index in [1.165, 1.54) is 17.8 Å². The normalized spacial score (nSPS) is 25.1. The highest BCUT2D eigenvalue weighted by molar-refractivity contribution is 7.22. The molecule has 4 saturated carbocycles. The molecule has 14 heteroatoms. The fraction of sp³-hybridized carbons (Fsp3) is 0.549. The monoisotopic (exact) mass is 918 g/mol. The molecule has 12 nitrogen and oxygen atoms in total. The second-order valence-corrected chi connectivity index (χ2v) is 28.6. The Hall–Kier alpha value is -4.63. The predicted octanol–water partition coefficient (Wildman–Crippen LogP) is 12.1. The van der Waals surface area contributed by atoms with E-state index in [1.807, 2.05) is 75.4 Å². The van der Waals surface area contributed by atoms with Gasteiger partial charge < -0.3 is 18.6 Å². The number of amides is 2. The number of hydrogen-bond acceptors (Lipinski definition) is 10. The second kappa shape index (κ2) is 16.0. The molecule has 10 rings (SSSR count). The number of hydrogen-bond donors (Lipinski definition) is 1. The van der Waals surface area contributed by atoms with E-state index in [2.05, 4.69) is 74.6 Å². The molecule has 5 aromatic rings. The van der Waals surface area contributed by atoms with Crippen molar-refractivity contribution in [1.82, 2.24) is 19.7 Å². The molecule has 4 aliphatic carbocycles. The van der Waals surface area contributed by atoms with Crippen molar-refractivity contribution in [1.29, 1.82) is 0 Å². The van der Waals surface area contributed by atoms with Crippen LogP contribution in [0.15, 0.2) is 60.8 Å². The van der Waals surface area contributed by atoms with E-state index in [1.54, 1.807) is 11.1 Å². The summed E-state index contributed by atoms with van der Waals surface area (Å²) in [6.07, 6.45) is 8.08. The van der Waals surface area contributed by atoms with Crippen molar-refractivity contribution < 1.29 is 28.2 Å². The van der Waals surface area contributed by atoms with E-state index in [0.29, 0.717) is 60.7 Å². The zero-order valence-electron chi connectivity index (χ0n) is 40.1. The minimum atomic E-state index is -1.91. The first-order valence-corrected chi connectivity index (χ1v) is 27.0. The molecule has 2 atom stereocenters. The molecule has 2 unspecified atom stereocenters. The number of fused-ring (bicyclic) bond motifs is 2. The summed E-state index contributed by atoms with van der Waals surface area (Å²) in [7, 11) is -1.91. The summed E-state index contributed by atoms with van der Waals surface area (Å²) in [5.74, 6) is 0.101. The maximum atomic E-state index is 14.1. The van der Waals surface area contributed by atoms with Crippen LogP contribution in [0, 0.1) is 23.2 Å². The molecule has 1 N–H and O–H groups in total. The number of benzene rings is 2. The van der Waals surface area contributed by atoms with E-state index in [-0.39, 0.29) is 38.6 Å². The van der Waals surface area contributed by atoms with Crippen LogP contribution >= 0.6 is 11.3 Å². The van der Waals surface area contributed by atoms with Gasteiger partial charge in [0.2, 0.25) is 0 Å². The molecule has 2 amide bonds. The van der Waals surface area contributed by atoms with Crippen LogP contribution in [0.4, 0.5) is 15.6 Å². The van der Waals surface area contributed by atoms with Gasteiger partial charge in [-0.3, -0.25) is 14.9 Å². The average molecular weight is 919 g/mol. The van der Waals surface area contributed by atoms with Crippen molar-refractivity contribution in [2.24, 2.45) is 16.2 Å². The smallest absolute Gasteiger partial charge is 0.358 e. The van der Waals surface area contributed by atoms with Gasteiger partial charge in [-0.15, -0.1) is 0 Å². The standard InChI is InChI=1S/C51H66N6O6SSi/c1-33-40(35-15-14-20-52-42(35)43(58)63-46(2,3)4)41(34-18-19-38-37(25-34)56(21-22-60-38)45(59)54-44-53-36-16-12-13-17-39(36)64-44)55-57(33)32-50-27-48(8)26-49(9,28-50)30-51(29-48,31-50)61-23-24-62-65(10,11)47(5,6)7/h12-20,25H,21-24,26-32H2,1-11H3,(H,53,54,59). The lowest BCUT2D eigenvalue weighted by atomic mass is 9.39. The lowest BCUT2D eigenvalue weighted by Crippen LogP contribution is -2.64. The molecule has 0 spiro atoms. The molecule has 4 bridgehead atoms. The molecule has 4 heterocycles. The highest BCUT2D eigenvalue weighted by Gasteiger charge is 2.66. The first-order valence-electron chi connectivity index (χ1n) is 23.2. The van der Waals surface area contributed by atoms with Gasteiger partial charge in [-0.1, -0.05) is 64.2 Å². The topological polar surface area (TPSA) is 130 Å². The lowest BCUT2D eigenvalue weighted by molar-refractivity contribution is -0.249. The van der Waals surface area contributed by atoms with Crippen LogP contribution < -0.4 is 15.0 Å². The van der Waals surface area contributed by atoms with E-state index in [9.17, 15) is 9.59 Å². The average Bonchev–Trinajstić information content (AvgIpc) is 3.75. The minimum Gasteiger partial charge on any atom is -0.490 e. The zero-order chi connectivity index (χ0) is 46.4. The van der Waals surface area contributed by atoms with Crippen LogP contribution in [0.2, 0.25) is 18.1 Å². The molecule has 65 heavy (non-hydrogen) atoms. The van der Waals surface area contributed by atoms with Crippen LogP contribution in [0.3, 0.4) is 0 Å². The third-order valence-corrected chi connectivity index (χ3v) is 20.1. The van der Waals surface area contributed by atoms with Gasteiger partial charge in [-0.2, -0.15) is 5.10 Å². The number of aromatic nitrogens is 4. The second-order valence-electron chi connectivity index (χ2n) is 22.8. The highest BCUT2D eigenvalue weighted by Crippen LogP contribution is 2.72. The minimum absolute atomic E-state index is 0.0635. The van der Waals surface area contributed by atoms with Gasteiger partial charge in [0, 0.05) is 35.1 Å². The van der Waals surface area contributed by atoms with Crippen molar-refractivity contribution in [2.45, 2.75) is 137 Å². The molecular weight excluding hydrogens is 853 g/mol. The molecule has 346 valence electrons. The summed E-state index contributed by atoms with van der Waals surface area (Å²) in [5.41, 5.74) is 4.80. The Morgan fingerprint density at radius 1 is 0.923 bits per heavy atom. The van der Waals surface area contributed by atoms with Gasteiger partial charge in [0.15, 0.2) is 19.1 Å². The van der Waals surface area contributed by atoms with Crippen LogP contribution in [0.25, 0.3) is 32.6 Å². The summed E-state index contributed by atoms with van der Waals surface area (Å²) >= 11 is 1.44. The van der Waals surface area contributed by atoms with Crippen molar-refractivity contribution in [3.63, 3.8) is 0 Å². The molecule has 0 radical (unpaired) electrons. The van der Waals surface area contributed by atoms with E-state index in [4.69, 9.17) is 23.7 Å². The lowest BCUT2D eigenvalue weighted by Gasteiger charge is -2.69. The number of nitrogens with zero attached hydrogens (tertiary/aromatic N) is 5. The number of rotatable bonds is 11. The van der Waals surface area contributed by atoms with Crippen molar-refractivity contribution >= 4 is 52.7 Å². The van der Waals surface area contributed by atoms with E-state index >= 15 is 0 Å². The maximum Gasteiger partial charge on any atom is 0.358 e. The Labute approximate surface area is 388 Å². The summed E-state index contributed by atoms with van der Waals surface area (Å²) in [6.45, 7) is 26.7. The molecule has 0 saturated heterocycles. The first-order chi connectivity index (χ1) is 30.5. The predicted molar refractivity (Wildman–Crippen MR) is 260 cm³/mol. The number of pyridine rings is 1. The number of para-hydroxylation sites is 1. The summed E-state index contributed by atoms with van der Waals surface area (Å²) in [5, 5.41) is 9.24. The third kappa shape index (κ3) is 8.88. The Balaban J connectivity index is 1.09. The number of thiazole rings is 1. The molecule has 3 aromatic heterocycles. The Kier molecular flexibility index (Phi) is 11.2. The molecule has 5 aliphatic rings. The Morgan fingerprint density at radius 3 is 2.37 bits per heavy atom. The van der Waals surface area contributed by atoms with Crippen molar-refractivity contribution in [3.8, 4) is 28.1 Å². The van der Waals surface area contributed by atoms with Crippen LogP contribution in [-0.2, 0) is 20.4 Å². The zero-order valence-corrected chi connectivity index (χ0v) is 42.0. The van der Waals surface area contributed by atoms with Gasteiger partial charge in [0.05, 0.1) is 41.3 Å². The fourth-order valence-corrected chi connectivity index (χ4v) is 14.1. The maximum absolute atomic E-state index is 14.1. The number of anilines is 2. The Morgan fingerprint density at radius 2 is 1.66 bits per heavy atom. The van der Waals surface area contributed by atoms with Gasteiger partial charge in [0.1, 0.15) is 23.7 Å². The number of nitrogens with one attached hydrogen (secondary N) is 1. The van der Waals surface area contributed by atoms with Gasteiger partial charge in [0.25, 0.3) is 0 Å². The SMILES string of the molecule is Cc1c(-c2cccnc2C(=O)OC(C)(C)C)c(-c2ccc3c(c2)N(C(=O)Nc2nc4ccccc4s2)CCO3)nn1CC12CC3(C)CC(C)(C1)CC(OCCO[Si](C)(C)C(C)(C)C)(C3)C2. The number of urea groups is 1. The Bertz CT molecular complexity index is 2610. The largest absolute Gasteiger partial charge is 0.490 e. The van der Waals surface area contributed by atoms with Gasteiger partial charge in [-0.25, -0.2) is 19.6 Å². The molecule has 4 fully saturated rings. The van der Waals surface area contributed by atoms with Crippen LogP contribution in [0.1, 0.15) is 110 Å². The van der Waals surface area contributed by atoms with Crippen molar-refractivity contribution in [3.05, 3.63) is 72.2 Å². The van der Waals surface area contributed by atoms with Crippen LogP contribution in [-0.4, -0.2) is 77.6 Å². The fourth-order valence-electron chi connectivity index (χ4n) is 12.2. The highest BCUT2D eigenvalue weighted by atomic mass is 32.1. The summed E-state index contributed by atoms with van der Waals surface area (Å²) in [6, 6.07) is 17.2. The van der Waals surface area contributed by atoms with E-state index in [0.717, 1.165) is 59.1 Å². The molecular formula is C51H66N6O6SSi. The van der Waals surface area contributed by atoms with Gasteiger partial charge >= 0.3 is 12.0 Å². The first kappa shape index (κ1) is 45.5. The van der Waals surface area contributed by atoms with Gasteiger partial charge in [-0.05, 0) is 137 Å². The molecule has 2 aromatic carbocycles. The number of ether oxygens (including phenoxy) is 3. The van der Waals surface area contributed by atoms with Crippen molar-refractivity contribution in [2.75, 3.05) is 36.6 Å². The van der Waals surface area contributed by atoms with Crippen LogP contribution in [0.5, 0.6) is 5.75 Å².